The molecule has 0 radical (unpaired) electrons. The monoisotopic (exact) mass is 531 g/mol. The zero-order valence-corrected chi connectivity index (χ0v) is 22.1. The van der Waals surface area contributed by atoms with Gasteiger partial charge in [-0.05, 0) is 43.2 Å². The number of carbonyl (C=O) groups excluding carboxylic acids is 2. The van der Waals surface area contributed by atoms with Crippen molar-refractivity contribution in [3.8, 4) is 16.9 Å². The van der Waals surface area contributed by atoms with Crippen LogP contribution >= 0.6 is 11.6 Å². The number of likely N-dealkylation sites (tertiary alicyclic amines) is 1. The van der Waals surface area contributed by atoms with Gasteiger partial charge in [0.05, 0.1) is 13.7 Å². The molecule has 0 saturated carbocycles. The lowest BCUT2D eigenvalue weighted by Gasteiger charge is -2.23. The van der Waals surface area contributed by atoms with Crippen molar-refractivity contribution in [2.75, 3.05) is 20.3 Å². The van der Waals surface area contributed by atoms with E-state index in [-0.39, 0.29) is 17.9 Å². The molecule has 5 rings (SSSR count). The number of rotatable bonds is 8. The van der Waals surface area contributed by atoms with Gasteiger partial charge in [-0.15, -0.1) is 0 Å². The van der Waals surface area contributed by atoms with Crippen molar-refractivity contribution in [1.29, 1.82) is 0 Å². The number of ether oxygens (including phenoxy) is 2. The molecule has 0 bridgehead atoms. The zero-order chi connectivity index (χ0) is 26.6. The number of carbonyl (C=O) groups is 2. The summed E-state index contributed by atoms with van der Waals surface area (Å²) in [6.07, 6.45) is 0.446. The summed E-state index contributed by atoms with van der Waals surface area (Å²) in [7, 11) is 1.39. The number of para-hydroxylation sites is 1. The highest BCUT2D eigenvalue weighted by atomic mass is 35.5. The molecule has 7 nitrogen and oxygen atoms in total. The number of halogens is 1. The molecule has 0 spiro atoms. The van der Waals surface area contributed by atoms with E-state index in [4.69, 9.17) is 21.1 Å². The van der Waals surface area contributed by atoms with Crippen LogP contribution in [0.1, 0.15) is 29.4 Å². The average molecular weight is 532 g/mol. The molecule has 1 aliphatic rings. The third kappa shape index (κ3) is 5.26. The van der Waals surface area contributed by atoms with E-state index in [1.54, 1.807) is 6.07 Å². The second-order valence-electron chi connectivity index (χ2n) is 9.35. The third-order valence-corrected chi connectivity index (χ3v) is 7.14. The van der Waals surface area contributed by atoms with Gasteiger partial charge < -0.3 is 19.8 Å². The molecule has 0 aliphatic carbocycles. The zero-order valence-electron chi connectivity index (χ0n) is 21.4. The molecule has 8 heteroatoms. The van der Waals surface area contributed by atoms with Crippen LogP contribution in [0.4, 0.5) is 0 Å². The predicted octanol–water partition coefficient (Wildman–Crippen LogP) is 5.43. The smallest absolute Gasteiger partial charge is 0.323 e. The summed E-state index contributed by atoms with van der Waals surface area (Å²) in [5.41, 5.74) is 3.98. The first-order valence-electron chi connectivity index (χ1n) is 12.7. The SMILES string of the molecule is CCOc1ccccc1CN1C[C@H](NC(=O)c2[nH]c3ccc(Cl)cc3c2-c2ccccc2)C[C@H]1C(=O)OC. The van der Waals surface area contributed by atoms with Gasteiger partial charge in [-0.25, -0.2) is 0 Å². The Kier molecular flexibility index (Phi) is 7.67. The molecule has 1 amide bonds. The van der Waals surface area contributed by atoms with Gasteiger partial charge in [0.2, 0.25) is 0 Å². The molecule has 3 aromatic carbocycles. The molecular formula is C30H30ClN3O4. The minimum absolute atomic E-state index is 0.235. The van der Waals surface area contributed by atoms with Crippen LogP contribution in [-0.2, 0) is 16.1 Å². The number of benzene rings is 3. The molecular weight excluding hydrogens is 502 g/mol. The van der Waals surface area contributed by atoms with Crippen LogP contribution in [0.3, 0.4) is 0 Å². The van der Waals surface area contributed by atoms with Crippen LogP contribution in [0.15, 0.2) is 72.8 Å². The fourth-order valence-electron chi connectivity index (χ4n) is 5.21. The highest BCUT2D eigenvalue weighted by molar-refractivity contribution is 6.31. The summed E-state index contributed by atoms with van der Waals surface area (Å²) < 4.78 is 10.9. The molecule has 1 aliphatic heterocycles. The molecule has 1 fully saturated rings. The molecule has 38 heavy (non-hydrogen) atoms. The maximum Gasteiger partial charge on any atom is 0.323 e. The normalized spacial score (nSPS) is 17.4. The van der Waals surface area contributed by atoms with Crippen molar-refractivity contribution in [2.24, 2.45) is 0 Å². The second-order valence-corrected chi connectivity index (χ2v) is 9.78. The Morgan fingerprint density at radius 2 is 1.84 bits per heavy atom. The number of aromatic amines is 1. The summed E-state index contributed by atoms with van der Waals surface area (Å²) in [5.74, 6) is 0.234. The van der Waals surface area contributed by atoms with Crippen molar-refractivity contribution in [1.82, 2.24) is 15.2 Å². The standard InChI is InChI=1S/C30H30ClN3O4/c1-3-38-26-12-8-7-11-20(26)17-34-18-22(16-25(34)30(36)37-2)32-29(35)28-27(19-9-5-4-6-10-19)23-15-21(31)13-14-24(23)33-28/h4-15,22,25,33H,3,16-18H2,1-2H3,(H,32,35)/t22-,25+/m1/s1. The number of fused-ring (bicyclic) bond motifs is 1. The van der Waals surface area contributed by atoms with E-state index in [2.05, 4.69) is 10.3 Å². The lowest BCUT2D eigenvalue weighted by molar-refractivity contribution is -0.146. The van der Waals surface area contributed by atoms with Crippen molar-refractivity contribution in [2.45, 2.75) is 32.0 Å². The van der Waals surface area contributed by atoms with E-state index in [0.717, 1.165) is 33.3 Å². The highest BCUT2D eigenvalue weighted by Gasteiger charge is 2.39. The Labute approximate surface area is 226 Å². The highest BCUT2D eigenvalue weighted by Crippen LogP contribution is 2.34. The lowest BCUT2D eigenvalue weighted by Crippen LogP contribution is -2.38. The third-order valence-electron chi connectivity index (χ3n) is 6.91. The number of hydrogen-bond donors (Lipinski definition) is 2. The molecule has 2 N–H and O–H groups in total. The Hall–Kier alpha value is -3.81. The number of methoxy groups -OCH3 is 1. The quantitative estimate of drug-likeness (QED) is 0.296. The predicted molar refractivity (Wildman–Crippen MR) is 148 cm³/mol. The molecule has 2 atom stereocenters. The van der Waals surface area contributed by atoms with Gasteiger partial charge in [0.15, 0.2) is 0 Å². The van der Waals surface area contributed by atoms with Crippen LogP contribution < -0.4 is 10.1 Å². The Morgan fingerprint density at radius 1 is 1.08 bits per heavy atom. The summed E-state index contributed by atoms with van der Waals surface area (Å²) in [4.78, 5) is 31.7. The number of amides is 1. The molecule has 4 aromatic rings. The minimum Gasteiger partial charge on any atom is -0.494 e. The lowest BCUT2D eigenvalue weighted by atomic mass is 10.0. The van der Waals surface area contributed by atoms with E-state index in [1.807, 2.05) is 78.6 Å². The minimum atomic E-state index is -0.477. The Bertz CT molecular complexity index is 1450. The van der Waals surface area contributed by atoms with Gasteiger partial charge in [-0.1, -0.05) is 60.1 Å². The molecule has 196 valence electrons. The maximum absolute atomic E-state index is 13.7. The largest absolute Gasteiger partial charge is 0.494 e. The molecule has 0 unspecified atom stereocenters. The fourth-order valence-corrected chi connectivity index (χ4v) is 5.38. The first-order valence-corrected chi connectivity index (χ1v) is 13.1. The number of esters is 1. The van der Waals surface area contributed by atoms with Gasteiger partial charge in [0, 0.05) is 46.2 Å². The number of H-pyrrole nitrogens is 1. The first-order chi connectivity index (χ1) is 18.5. The van der Waals surface area contributed by atoms with Gasteiger partial charge in [-0.3, -0.25) is 14.5 Å². The van der Waals surface area contributed by atoms with Crippen LogP contribution in [0.5, 0.6) is 5.75 Å². The van der Waals surface area contributed by atoms with E-state index >= 15 is 0 Å². The van der Waals surface area contributed by atoms with E-state index in [9.17, 15) is 9.59 Å². The Morgan fingerprint density at radius 3 is 2.61 bits per heavy atom. The van der Waals surface area contributed by atoms with Crippen LogP contribution in [0.25, 0.3) is 22.0 Å². The number of hydrogen-bond acceptors (Lipinski definition) is 5. The summed E-state index contributed by atoms with van der Waals surface area (Å²) >= 11 is 6.30. The molecule has 1 saturated heterocycles. The first kappa shape index (κ1) is 25.8. The maximum atomic E-state index is 13.7. The molecule has 2 heterocycles. The van der Waals surface area contributed by atoms with Crippen LogP contribution in [-0.4, -0.2) is 54.1 Å². The van der Waals surface area contributed by atoms with E-state index < -0.39 is 6.04 Å². The Balaban J connectivity index is 1.41. The topological polar surface area (TPSA) is 83.7 Å². The number of aromatic nitrogens is 1. The van der Waals surface area contributed by atoms with Crippen molar-refractivity contribution < 1.29 is 19.1 Å². The van der Waals surface area contributed by atoms with Gasteiger partial charge in [0.25, 0.3) is 5.91 Å². The van der Waals surface area contributed by atoms with Crippen molar-refractivity contribution in [3.05, 3.63) is 89.1 Å². The van der Waals surface area contributed by atoms with Gasteiger partial charge >= 0.3 is 5.97 Å². The van der Waals surface area contributed by atoms with Crippen molar-refractivity contribution in [3.63, 3.8) is 0 Å². The summed E-state index contributed by atoms with van der Waals surface area (Å²) in [6.45, 7) is 3.49. The van der Waals surface area contributed by atoms with Crippen molar-refractivity contribution >= 4 is 34.4 Å². The average Bonchev–Trinajstić information content (AvgIpc) is 3.51. The number of nitrogens with zero attached hydrogens (tertiary/aromatic N) is 1. The molecule has 1 aromatic heterocycles. The number of nitrogens with one attached hydrogen (secondary N) is 2. The summed E-state index contributed by atoms with van der Waals surface area (Å²) in [5, 5.41) is 4.64. The fraction of sp³-hybridized carbons (Fsp3) is 0.267. The van der Waals surface area contributed by atoms with Crippen LogP contribution in [0, 0.1) is 0 Å². The second kappa shape index (κ2) is 11.3. The summed E-state index contributed by atoms with van der Waals surface area (Å²) in [6, 6.07) is 22.4. The van der Waals surface area contributed by atoms with Gasteiger partial charge in [0.1, 0.15) is 17.5 Å². The van der Waals surface area contributed by atoms with E-state index in [0.29, 0.717) is 36.8 Å². The van der Waals surface area contributed by atoms with Crippen LogP contribution in [0.2, 0.25) is 5.02 Å². The van der Waals surface area contributed by atoms with Gasteiger partial charge in [-0.2, -0.15) is 0 Å². The van der Waals surface area contributed by atoms with E-state index in [1.165, 1.54) is 7.11 Å².